The van der Waals surface area contributed by atoms with Crippen LogP contribution in [0.4, 0.5) is 0 Å². The average Bonchev–Trinajstić information content (AvgIpc) is 2.15. The summed E-state index contributed by atoms with van der Waals surface area (Å²) in [7, 11) is 0. The van der Waals surface area contributed by atoms with Gasteiger partial charge in [0.1, 0.15) is 0 Å². The molecule has 74 valence electrons. The van der Waals surface area contributed by atoms with Crippen LogP contribution in [0.3, 0.4) is 0 Å². The largest absolute Gasteiger partial charge is 0.0683 e. The monoisotopic (exact) mass is 306 g/mol. The van der Waals surface area contributed by atoms with Crippen LogP contribution in [-0.2, 0) is 6.42 Å². The van der Waals surface area contributed by atoms with Crippen LogP contribution in [0.1, 0.15) is 31.9 Å². The van der Waals surface area contributed by atoms with E-state index < -0.39 is 0 Å². The van der Waals surface area contributed by atoms with Gasteiger partial charge in [-0.3, -0.25) is 0 Å². The van der Waals surface area contributed by atoms with Gasteiger partial charge in [0.15, 0.2) is 0 Å². The predicted octanol–water partition coefficient (Wildman–Crippen LogP) is 5.11. The predicted molar refractivity (Wildman–Crippen MR) is 67.3 cm³/mol. The van der Waals surface area contributed by atoms with Crippen molar-refractivity contribution < 1.29 is 0 Å². The number of hydrogen-bond acceptors (Lipinski definition) is 0. The fourth-order valence-electron chi connectivity index (χ4n) is 0.958. The molecule has 0 radical (unpaired) electrons. The van der Waals surface area contributed by atoms with Crippen LogP contribution in [0.15, 0.2) is 21.1 Å². The second-order valence-corrected chi connectivity index (χ2v) is 4.26. The Labute approximate surface area is 98.0 Å². The Bertz CT molecular complexity index is 267. The quantitative estimate of drug-likeness (QED) is 0.676. The number of hydrogen-bond donors (Lipinski definition) is 0. The van der Waals surface area contributed by atoms with Gasteiger partial charge in [0.25, 0.3) is 0 Å². The standard InChI is InChI=1S/C9H10Br2.C2H6/c1-3-7-5-8(10)6(2)4-9(7)11;1-2/h4-5H,3H2,1-2H3;1-2H3. The maximum atomic E-state index is 3.52. The molecule has 2 heteroatoms. The van der Waals surface area contributed by atoms with Crippen LogP contribution in [0.25, 0.3) is 0 Å². The van der Waals surface area contributed by atoms with Gasteiger partial charge in [-0.2, -0.15) is 0 Å². The molecule has 0 heterocycles. The molecule has 0 saturated carbocycles. The first-order valence-electron chi connectivity index (χ1n) is 4.59. The normalized spacial score (nSPS) is 9.08. The fourth-order valence-corrected chi connectivity index (χ4v) is 2.09. The van der Waals surface area contributed by atoms with Gasteiger partial charge in [-0.25, -0.2) is 0 Å². The van der Waals surface area contributed by atoms with Crippen LogP contribution in [0.5, 0.6) is 0 Å². The number of halogens is 2. The molecule has 1 aromatic carbocycles. The summed E-state index contributed by atoms with van der Waals surface area (Å²) in [5, 5.41) is 0. The topological polar surface area (TPSA) is 0 Å². The van der Waals surface area contributed by atoms with Gasteiger partial charge in [-0.15, -0.1) is 0 Å². The summed E-state index contributed by atoms with van der Waals surface area (Å²) in [4.78, 5) is 0. The molecule has 0 unspecified atom stereocenters. The van der Waals surface area contributed by atoms with Crippen LogP contribution in [0.2, 0.25) is 0 Å². The van der Waals surface area contributed by atoms with E-state index in [1.165, 1.54) is 20.1 Å². The smallest absolute Gasteiger partial charge is 0.0210 e. The number of rotatable bonds is 1. The van der Waals surface area contributed by atoms with Crippen LogP contribution < -0.4 is 0 Å². The molecule has 13 heavy (non-hydrogen) atoms. The maximum Gasteiger partial charge on any atom is 0.0210 e. The molecule has 0 aliphatic carbocycles. The first kappa shape index (κ1) is 13.2. The van der Waals surface area contributed by atoms with Crippen LogP contribution >= 0.6 is 31.9 Å². The van der Waals surface area contributed by atoms with Gasteiger partial charge < -0.3 is 0 Å². The van der Waals surface area contributed by atoms with Gasteiger partial charge in [0, 0.05) is 8.95 Å². The molecule has 0 aromatic heterocycles. The molecule has 0 amide bonds. The molecular formula is C11H16Br2. The SMILES string of the molecule is CC.CCc1cc(Br)c(C)cc1Br. The second kappa shape index (κ2) is 6.61. The van der Waals surface area contributed by atoms with Crippen molar-refractivity contribution in [3.63, 3.8) is 0 Å². The molecule has 0 saturated heterocycles. The molecular weight excluding hydrogens is 292 g/mol. The Morgan fingerprint density at radius 2 is 1.62 bits per heavy atom. The Balaban J connectivity index is 0.000000671. The Morgan fingerprint density at radius 1 is 1.08 bits per heavy atom. The van der Waals surface area contributed by atoms with E-state index in [0.717, 1.165) is 6.42 Å². The third kappa shape index (κ3) is 3.82. The van der Waals surface area contributed by atoms with Crippen molar-refractivity contribution in [2.24, 2.45) is 0 Å². The highest BCUT2D eigenvalue weighted by Gasteiger charge is 2.00. The molecule has 0 fully saturated rings. The Morgan fingerprint density at radius 3 is 2.08 bits per heavy atom. The Hall–Kier alpha value is 0.180. The van der Waals surface area contributed by atoms with E-state index in [1.54, 1.807) is 0 Å². The lowest BCUT2D eigenvalue weighted by molar-refractivity contribution is 1.12. The molecule has 0 nitrogen and oxygen atoms in total. The molecule has 1 rings (SSSR count). The zero-order valence-electron chi connectivity index (χ0n) is 8.62. The third-order valence-electron chi connectivity index (χ3n) is 1.71. The molecule has 0 spiro atoms. The van der Waals surface area contributed by atoms with E-state index in [2.05, 4.69) is 57.8 Å². The lowest BCUT2D eigenvalue weighted by atomic mass is 10.1. The summed E-state index contributed by atoms with van der Waals surface area (Å²) < 4.78 is 2.40. The molecule has 0 aliphatic heterocycles. The van der Waals surface area contributed by atoms with Crippen LogP contribution in [-0.4, -0.2) is 0 Å². The third-order valence-corrected chi connectivity index (χ3v) is 3.30. The van der Waals surface area contributed by atoms with Crippen molar-refractivity contribution in [1.29, 1.82) is 0 Å². The minimum atomic E-state index is 1.07. The summed E-state index contributed by atoms with van der Waals surface area (Å²) in [5.74, 6) is 0. The van der Waals surface area contributed by atoms with Crippen molar-refractivity contribution in [3.8, 4) is 0 Å². The van der Waals surface area contributed by atoms with Gasteiger partial charge >= 0.3 is 0 Å². The van der Waals surface area contributed by atoms with Crippen LogP contribution in [0, 0.1) is 6.92 Å². The molecule has 0 bridgehead atoms. The van der Waals surface area contributed by atoms with E-state index in [0.29, 0.717) is 0 Å². The lowest BCUT2D eigenvalue weighted by Crippen LogP contribution is -1.85. The van der Waals surface area contributed by atoms with E-state index in [9.17, 15) is 0 Å². The van der Waals surface area contributed by atoms with E-state index in [4.69, 9.17) is 0 Å². The summed E-state index contributed by atoms with van der Waals surface area (Å²) in [5.41, 5.74) is 2.62. The minimum absolute atomic E-state index is 1.07. The lowest BCUT2D eigenvalue weighted by Gasteiger charge is -2.04. The summed E-state index contributed by atoms with van der Waals surface area (Å²) in [6.07, 6.45) is 1.07. The molecule has 0 atom stereocenters. The van der Waals surface area contributed by atoms with Gasteiger partial charge in [-0.1, -0.05) is 52.6 Å². The summed E-state index contributed by atoms with van der Waals surface area (Å²) >= 11 is 7.02. The van der Waals surface area contributed by atoms with Gasteiger partial charge in [0.2, 0.25) is 0 Å². The highest BCUT2D eigenvalue weighted by atomic mass is 79.9. The van der Waals surface area contributed by atoms with Crippen molar-refractivity contribution in [2.45, 2.75) is 34.1 Å². The average molecular weight is 308 g/mol. The zero-order chi connectivity index (χ0) is 10.4. The minimum Gasteiger partial charge on any atom is -0.0683 e. The second-order valence-electron chi connectivity index (χ2n) is 2.55. The highest BCUT2D eigenvalue weighted by molar-refractivity contribution is 9.11. The maximum absolute atomic E-state index is 3.52. The van der Waals surface area contributed by atoms with E-state index >= 15 is 0 Å². The first-order valence-corrected chi connectivity index (χ1v) is 6.18. The summed E-state index contributed by atoms with van der Waals surface area (Å²) in [6.45, 7) is 8.25. The van der Waals surface area contributed by atoms with Crippen molar-refractivity contribution in [1.82, 2.24) is 0 Å². The first-order chi connectivity index (χ1) is 6.15. The molecule has 0 N–H and O–H groups in total. The Kier molecular flexibility index (Phi) is 6.70. The van der Waals surface area contributed by atoms with Crippen molar-refractivity contribution in [2.75, 3.05) is 0 Å². The van der Waals surface area contributed by atoms with Gasteiger partial charge in [0.05, 0.1) is 0 Å². The van der Waals surface area contributed by atoms with E-state index in [-0.39, 0.29) is 0 Å². The summed E-state index contributed by atoms with van der Waals surface area (Å²) in [6, 6.07) is 4.31. The van der Waals surface area contributed by atoms with Crippen molar-refractivity contribution >= 4 is 31.9 Å². The van der Waals surface area contributed by atoms with Gasteiger partial charge in [-0.05, 0) is 36.6 Å². The highest BCUT2D eigenvalue weighted by Crippen LogP contribution is 2.25. The van der Waals surface area contributed by atoms with Crippen molar-refractivity contribution in [3.05, 3.63) is 32.2 Å². The molecule has 0 aliphatic rings. The fraction of sp³-hybridized carbons (Fsp3) is 0.455. The van der Waals surface area contributed by atoms with E-state index in [1.807, 2.05) is 13.8 Å². The molecule has 1 aromatic rings. The number of aryl methyl sites for hydroxylation is 2. The number of benzene rings is 1. The zero-order valence-corrected chi connectivity index (χ0v) is 11.8.